The van der Waals surface area contributed by atoms with E-state index in [1.165, 1.54) is 12.1 Å². The molecule has 0 bridgehead atoms. The van der Waals surface area contributed by atoms with Crippen LogP contribution >= 0.6 is 0 Å². The lowest BCUT2D eigenvalue weighted by atomic mass is 10.0. The lowest BCUT2D eigenvalue weighted by molar-refractivity contribution is -0.0914. The average Bonchev–Trinajstić information content (AvgIpc) is 3.42. The summed E-state index contributed by atoms with van der Waals surface area (Å²) in [4.78, 5) is 12.3. The van der Waals surface area contributed by atoms with Crippen LogP contribution in [0.25, 0.3) is 11.8 Å². The van der Waals surface area contributed by atoms with E-state index in [2.05, 4.69) is 15.0 Å². The Morgan fingerprint density at radius 2 is 1.91 bits per heavy atom. The number of aryl methyl sites for hydroxylation is 1. The smallest absolute Gasteiger partial charge is 0.234 e. The third-order valence-electron chi connectivity index (χ3n) is 5.84. The quantitative estimate of drug-likeness (QED) is 0.422. The van der Waals surface area contributed by atoms with Gasteiger partial charge in [0, 0.05) is 38.9 Å². The molecule has 1 unspecified atom stereocenters. The number of amidine groups is 1. The SMILES string of the molecule is COCCCN1C(C=Cc2ccc(-n3cnc(C)c3)c(OC)c2)=NOC1(C)c1ccc(F)cc1. The average molecular weight is 465 g/mol. The van der Waals surface area contributed by atoms with E-state index in [1.807, 2.05) is 55.0 Å². The molecule has 1 atom stereocenters. The van der Waals surface area contributed by atoms with Crippen LogP contribution in [0.3, 0.4) is 0 Å². The Morgan fingerprint density at radius 1 is 1.12 bits per heavy atom. The second-order valence-corrected chi connectivity index (χ2v) is 8.22. The monoisotopic (exact) mass is 464 g/mol. The largest absolute Gasteiger partial charge is 0.495 e. The van der Waals surface area contributed by atoms with Gasteiger partial charge in [-0.25, -0.2) is 9.37 Å². The van der Waals surface area contributed by atoms with Crippen LogP contribution in [-0.2, 0) is 15.3 Å². The van der Waals surface area contributed by atoms with E-state index in [0.29, 0.717) is 19.0 Å². The first-order valence-corrected chi connectivity index (χ1v) is 11.1. The number of hydrogen-bond acceptors (Lipinski definition) is 6. The summed E-state index contributed by atoms with van der Waals surface area (Å²) in [5.41, 5.74) is 2.77. The molecule has 1 aromatic heterocycles. The molecule has 0 saturated heterocycles. The minimum Gasteiger partial charge on any atom is -0.495 e. The zero-order valence-electron chi connectivity index (χ0n) is 19.9. The van der Waals surface area contributed by atoms with Crippen molar-refractivity contribution in [3.05, 3.63) is 83.7 Å². The minimum absolute atomic E-state index is 0.291. The van der Waals surface area contributed by atoms with Crippen molar-refractivity contribution in [3.63, 3.8) is 0 Å². The fourth-order valence-corrected chi connectivity index (χ4v) is 3.97. The number of rotatable bonds is 9. The molecule has 0 N–H and O–H groups in total. The van der Waals surface area contributed by atoms with Crippen LogP contribution in [0, 0.1) is 12.7 Å². The molecular formula is C26H29FN4O3. The molecule has 2 aromatic carbocycles. The molecule has 34 heavy (non-hydrogen) atoms. The van der Waals surface area contributed by atoms with E-state index in [-0.39, 0.29) is 5.82 Å². The second-order valence-electron chi connectivity index (χ2n) is 8.22. The number of methoxy groups -OCH3 is 2. The van der Waals surface area contributed by atoms with Gasteiger partial charge in [0.2, 0.25) is 5.72 Å². The predicted molar refractivity (Wildman–Crippen MR) is 129 cm³/mol. The van der Waals surface area contributed by atoms with Crippen molar-refractivity contribution in [2.24, 2.45) is 5.16 Å². The molecule has 1 aliphatic rings. The van der Waals surface area contributed by atoms with Gasteiger partial charge in [-0.05, 0) is 49.2 Å². The summed E-state index contributed by atoms with van der Waals surface area (Å²) < 4.78 is 26.3. The van der Waals surface area contributed by atoms with Gasteiger partial charge in [-0.2, -0.15) is 0 Å². The number of halogens is 1. The van der Waals surface area contributed by atoms with Gasteiger partial charge in [-0.3, -0.25) is 0 Å². The number of aromatic nitrogens is 2. The molecule has 0 aliphatic carbocycles. The Balaban J connectivity index is 1.58. The van der Waals surface area contributed by atoms with Gasteiger partial charge in [0.05, 0.1) is 24.8 Å². The van der Waals surface area contributed by atoms with Gasteiger partial charge in [-0.15, -0.1) is 0 Å². The van der Waals surface area contributed by atoms with Gasteiger partial charge in [0.15, 0.2) is 5.84 Å². The molecule has 0 radical (unpaired) electrons. The van der Waals surface area contributed by atoms with Crippen molar-refractivity contribution in [2.75, 3.05) is 27.4 Å². The summed E-state index contributed by atoms with van der Waals surface area (Å²) in [5.74, 6) is 1.12. The van der Waals surface area contributed by atoms with Crippen molar-refractivity contribution in [1.82, 2.24) is 14.5 Å². The first kappa shape index (κ1) is 23.5. The summed E-state index contributed by atoms with van der Waals surface area (Å²) in [6, 6.07) is 12.3. The van der Waals surface area contributed by atoms with E-state index < -0.39 is 5.72 Å². The van der Waals surface area contributed by atoms with Crippen LogP contribution < -0.4 is 4.74 Å². The Labute approximate surface area is 199 Å². The van der Waals surface area contributed by atoms with Crippen LogP contribution in [0.4, 0.5) is 4.39 Å². The predicted octanol–water partition coefficient (Wildman–Crippen LogP) is 4.90. The van der Waals surface area contributed by atoms with Crippen molar-refractivity contribution in [3.8, 4) is 11.4 Å². The van der Waals surface area contributed by atoms with Crippen LogP contribution in [0.5, 0.6) is 5.75 Å². The highest BCUT2D eigenvalue weighted by molar-refractivity contribution is 5.97. The number of benzene rings is 2. The summed E-state index contributed by atoms with van der Waals surface area (Å²) in [6.07, 6.45) is 8.38. The van der Waals surface area contributed by atoms with Crippen molar-refractivity contribution < 1.29 is 18.7 Å². The summed E-state index contributed by atoms with van der Waals surface area (Å²) in [7, 11) is 3.33. The maximum Gasteiger partial charge on any atom is 0.234 e. The Kier molecular flexibility index (Phi) is 6.98. The molecule has 0 saturated carbocycles. The van der Waals surface area contributed by atoms with Gasteiger partial charge in [-0.1, -0.05) is 29.4 Å². The normalized spacial score (nSPS) is 17.8. The zero-order valence-corrected chi connectivity index (χ0v) is 19.9. The van der Waals surface area contributed by atoms with Crippen molar-refractivity contribution in [1.29, 1.82) is 0 Å². The van der Waals surface area contributed by atoms with Gasteiger partial charge >= 0.3 is 0 Å². The number of nitrogens with zero attached hydrogens (tertiary/aromatic N) is 4. The summed E-state index contributed by atoms with van der Waals surface area (Å²) in [5, 5.41) is 4.35. The Morgan fingerprint density at radius 3 is 2.59 bits per heavy atom. The fraction of sp³-hybridized carbons (Fsp3) is 0.308. The zero-order chi connectivity index (χ0) is 24.1. The molecule has 178 valence electrons. The third kappa shape index (κ3) is 4.82. The summed E-state index contributed by atoms with van der Waals surface area (Å²) >= 11 is 0. The van der Waals surface area contributed by atoms with E-state index in [4.69, 9.17) is 14.3 Å². The highest BCUT2D eigenvalue weighted by Gasteiger charge is 2.42. The van der Waals surface area contributed by atoms with E-state index in [0.717, 1.165) is 34.7 Å². The van der Waals surface area contributed by atoms with E-state index in [1.54, 1.807) is 32.7 Å². The van der Waals surface area contributed by atoms with Crippen molar-refractivity contribution >= 4 is 11.9 Å². The second kappa shape index (κ2) is 10.1. The number of ether oxygens (including phenoxy) is 2. The van der Waals surface area contributed by atoms with E-state index in [9.17, 15) is 4.39 Å². The fourth-order valence-electron chi connectivity index (χ4n) is 3.97. The van der Waals surface area contributed by atoms with Crippen LogP contribution in [-0.4, -0.2) is 47.7 Å². The molecule has 0 fully saturated rings. The maximum absolute atomic E-state index is 13.5. The molecule has 0 spiro atoms. The number of oxime groups is 1. The van der Waals surface area contributed by atoms with Gasteiger partial charge in [0.1, 0.15) is 11.6 Å². The first-order chi connectivity index (χ1) is 16.4. The van der Waals surface area contributed by atoms with Crippen LogP contribution in [0.15, 0.2) is 66.2 Å². The highest BCUT2D eigenvalue weighted by atomic mass is 19.1. The number of hydrogen-bond donors (Lipinski definition) is 0. The molecule has 8 heteroatoms. The van der Waals surface area contributed by atoms with E-state index >= 15 is 0 Å². The molecule has 0 amide bonds. The number of imidazole rings is 1. The highest BCUT2D eigenvalue weighted by Crippen LogP contribution is 2.36. The first-order valence-electron chi connectivity index (χ1n) is 11.1. The summed E-state index contributed by atoms with van der Waals surface area (Å²) in [6.45, 7) is 5.15. The molecule has 4 rings (SSSR count). The standard InChI is InChI=1S/C26H29FN4O3/c1-19-17-30(18-28-19)23-12-6-20(16-24(23)33-4)7-13-25-29-34-26(2,31(25)14-5-15-32-3)21-8-10-22(27)11-9-21/h6-13,16-18H,5,14-15H2,1-4H3. The minimum atomic E-state index is -0.845. The van der Waals surface area contributed by atoms with Crippen LogP contribution in [0.1, 0.15) is 30.2 Å². The lowest BCUT2D eigenvalue weighted by Gasteiger charge is -2.34. The molecule has 7 nitrogen and oxygen atoms in total. The molecular weight excluding hydrogens is 435 g/mol. The van der Waals surface area contributed by atoms with Gasteiger partial charge in [0.25, 0.3) is 0 Å². The maximum atomic E-state index is 13.5. The van der Waals surface area contributed by atoms with Crippen molar-refractivity contribution in [2.45, 2.75) is 26.0 Å². The Bertz CT molecular complexity index is 1190. The van der Waals surface area contributed by atoms with Crippen LogP contribution in [0.2, 0.25) is 0 Å². The third-order valence-corrected chi connectivity index (χ3v) is 5.84. The Hall–Kier alpha value is -3.65. The van der Waals surface area contributed by atoms with Gasteiger partial charge < -0.3 is 23.8 Å². The topological polar surface area (TPSA) is 61.1 Å². The molecule has 3 aromatic rings. The lowest BCUT2D eigenvalue weighted by Crippen LogP contribution is -2.44. The molecule has 2 heterocycles. The molecule has 1 aliphatic heterocycles.